The fraction of sp³-hybridized carbons (Fsp3) is 0.923. The summed E-state index contributed by atoms with van der Waals surface area (Å²) < 4.78 is 10.9. The standard InChI is InChI=1S/C13H23NO3/c1-2-13(5-7-14-8-6-13)12(15)17-10-11-4-3-9-16-11/h11,14H,2-10H2,1H3. The van der Waals surface area contributed by atoms with Crippen LogP contribution in [-0.4, -0.2) is 38.4 Å². The molecule has 2 aliphatic heterocycles. The normalized spacial score (nSPS) is 27.9. The van der Waals surface area contributed by atoms with Gasteiger partial charge in [0.1, 0.15) is 6.61 Å². The van der Waals surface area contributed by atoms with Gasteiger partial charge < -0.3 is 14.8 Å². The van der Waals surface area contributed by atoms with E-state index in [-0.39, 0.29) is 17.5 Å². The average Bonchev–Trinajstić information content (AvgIpc) is 2.90. The summed E-state index contributed by atoms with van der Waals surface area (Å²) in [5, 5.41) is 3.29. The van der Waals surface area contributed by atoms with Gasteiger partial charge in [-0.05, 0) is 45.2 Å². The van der Waals surface area contributed by atoms with Gasteiger partial charge >= 0.3 is 5.97 Å². The highest BCUT2D eigenvalue weighted by Gasteiger charge is 2.39. The fourth-order valence-corrected chi connectivity index (χ4v) is 2.70. The molecule has 17 heavy (non-hydrogen) atoms. The van der Waals surface area contributed by atoms with Crippen LogP contribution < -0.4 is 5.32 Å². The summed E-state index contributed by atoms with van der Waals surface area (Å²) in [7, 11) is 0. The third-order valence-corrected chi connectivity index (χ3v) is 4.09. The topological polar surface area (TPSA) is 47.6 Å². The first-order chi connectivity index (χ1) is 8.27. The largest absolute Gasteiger partial charge is 0.463 e. The molecule has 2 saturated heterocycles. The fourth-order valence-electron chi connectivity index (χ4n) is 2.70. The van der Waals surface area contributed by atoms with Crippen molar-refractivity contribution < 1.29 is 14.3 Å². The van der Waals surface area contributed by atoms with Crippen LogP contribution >= 0.6 is 0 Å². The molecule has 0 aromatic rings. The van der Waals surface area contributed by atoms with Crippen molar-refractivity contribution in [3.05, 3.63) is 0 Å². The van der Waals surface area contributed by atoms with Crippen LogP contribution in [0.25, 0.3) is 0 Å². The van der Waals surface area contributed by atoms with Gasteiger partial charge in [0.25, 0.3) is 0 Å². The Kier molecular flexibility index (Phi) is 4.40. The molecular weight excluding hydrogens is 218 g/mol. The van der Waals surface area contributed by atoms with E-state index in [4.69, 9.17) is 9.47 Å². The van der Waals surface area contributed by atoms with Gasteiger partial charge in [-0.25, -0.2) is 0 Å². The van der Waals surface area contributed by atoms with E-state index in [1.54, 1.807) is 0 Å². The minimum Gasteiger partial charge on any atom is -0.463 e. The minimum atomic E-state index is -0.246. The quantitative estimate of drug-likeness (QED) is 0.758. The lowest BCUT2D eigenvalue weighted by Gasteiger charge is -2.34. The monoisotopic (exact) mass is 241 g/mol. The first kappa shape index (κ1) is 12.8. The van der Waals surface area contributed by atoms with Crippen LogP contribution in [0.15, 0.2) is 0 Å². The van der Waals surface area contributed by atoms with E-state index in [1.807, 2.05) is 0 Å². The maximum atomic E-state index is 12.2. The molecule has 4 heteroatoms. The van der Waals surface area contributed by atoms with E-state index in [9.17, 15) is 4.79 Å². The summed E-state index contributed by atoms with van der Waals surface area (Å²) in [6.45, 7) is 5.17. The Bertz CT molecular complexity index is 255. The molecule has 0 saturated carbocycles. The first-order valence-corrected chi connectivity index (χ1v) is 6.76. The summed E-state index contributed by atoms with van der Waals surface area (Å²) in [5.74, 6) is -0.0167. The highest BCUT2D eigenvalue weighted by atomic mass is 16.6. The number of piperidine rings is 1. The van der Waals surface area contributed by atoms with Gasteiger partial charge in [0.15, 0.2) is 0 Å². The van der Waals surface area contributed by atoms with Crippen LogP contribution in [-0.2, 0) is 14.3 Å². The Morgan fingerprint density at radius 1 is 1.47 bits per heavy atom. The summed E-state index contributed by atoms with van der Waals surface area (Å²) >= 11 is 0. The Morgan fingerprint density at radius 3 is 2.82 bits per heavy atom. The number of carbonyl (C=O) groups is 1. The Morgan fingerprint density at radius 2 is 2.24 bits per heavy atom. The van der Waals surface area contributed by atoms with E-state index in [0.29, 0.717) is 6.61 Å². The maximum absolute atomic E-state index is 12.2. The number of hydrogen-bond donors (Lipinski definition) is 1. The molecule has 1 unspecified atom stereocenters. The van der Waals surface area contributed by atoms with Gasteiger partial charge in [0.05, 0.1) is 11.5 Å². The van der Waals surface area contributed by atoms with E-state index in [1.165, 1.54) is 0 Å². The highest BCUT2D eigenvalue weighted by Crippen LogP contribution is 2.34. The zero-order valence-electron chi connectivity index (χ0n) is 10.7. The van der Waals surface area contributed by atoms with Gasteiger partial charge in [-0.15, -0.1) is 0 Å². The molecule has 1 atom stereocenters. The Hall–Kier alpha value is -0.610. The lowest BCUT2D eigenvalue weighted by atomic mass is 9.77. The van der Waals surface area contributed by atoms with Gasteiger partial charge in [-0.3, -0.25) is 4.79 Å². The van der Waals surface area contributed by atoms with Gasteiger partial charge in [-0.2, -0.15) is 0 Å². The second kappa shape index (κ2) is 5.83. The molecule has 0 aromatic heterocycles. The van der Waals surface area contributed by atoms with Crippen molar-refractivity contribution in [3.8, 4) is 0 Å². The van der Waals surface area contributed by atoms with Crippen molar-refractivity contribution in [3.63, 3.8) is 0 Å². The predicted octanol–water partition coefficient (Wildman–Crippen LogP) is 1.49. The van der Waals surface area contributed by atoms with Crippen molar-refractivity contribution in [1.29, 1.82) is 0 Å². The second-order valence-electron chi connectivity index (χ2n) is 5.12. The molecule has 2 rings (SSSR count). The molecule has 0 bridgehead atoms. The highest BCUT2D eigenvalue weighted by molar-refractivity contribution is 5.77. The van der Waals surface area contributed by atoms with Crippen LogP contribution in [0.4, 0.5) is 0 Å². The van der Waals surface area contributed by atoms with Gasteiger partial charge in [-0.1, -0.05) is 6.92 Å². The Labute approximate surface area is 103 Å². The molecule has 0 aliphatic carbocycles. The van der Waals surface area contributed by atoms with Crippen molar-refractivity contribution in [1.82, 2.24) is 5.32 Å². The predicted molar refractivity (Wildman–Crippen MR) is 64.8 cm³/mol. The van der Waals surface area contributed by atoms with Crippen molar-refractivity contribution in [2.24, 2.45) is 5.41 Å². The SMILES string of the molecule is CCC1(C(=O)OCC2CCCO2)CCNCC1. The number of carbonyl (C=O) groups excluding carboxylic acids is 1. The summed E-state index contributed by atoms with van der Waals surface area (Å²) in [4.78, 5) is 12.2. The molecule has 0 amide bonds. The van der Waals surface area contributed by atoms with Crippen LogP contribution in [0, 0.1) is 5.41 Å². The van der Waals surface area contributed by atoms with E-state index in [2.05, 4.69) is 12.2 Å². The third kappa shape index (κ3) is 2.99. The number of ether oxygens (including phenoxy) is 2. The van der Waals surface area contributed by atoms with E-state index >= 15 is 0 Å². The lowest BCUT2D eigenvalue weighted by Crippen LogP contribution is -2.43. The number of esters is 1. The van der Waals surface area contributed by atoms with Crippen molar-refractivity contribution in [2.45, 2.75) is 45.1 Å². The van der Waals surface area contributed by atoms with E-state index in [0.717, 1.165) is 51.8 Å². The molecule has 2 aliphatic rings. The van der Waals surface area contributed by atoms with Crippen LogP contribution in [0.5, 0.6) is 0 Å². The molecule has 0 spiro atoms. The number of hydrogen-bond acceptors (Lipinski definition) is 4. The molecule has 0 aromatic carbocycles. The molecule has 4 nitrogen and oxygen atoms in total. The third-order valence-electron chi connectivity index (χ3n) is 4.09. The van der Waals surface area contributed by atoms with Crippen LogP contribution in [0.3, 0.4) is 0 Å². The maximum Gasteiger partial charge on any atom is 0.312 e. The molecule has 98 valence electrons. The molecule has 0 radical (unpaired) electrons. The number of nitrogens with one attached hydrogen (secondary N) is 1. The summed E-state index contributed by atoms with van der Waals surface area (Å²) in [6, 6.07) is 0. The van der Waals surface area contributed by atoms with Gasteiger partial charge in [0.2, 0.25) is 0 Å². The van der Waals surface area contributed by atoms with Crippen LogP contribution in [0.1, 0.15) is 39.0 Å². The lowest BCUT2D eigenvalue weighted by molar-refractivity contribution is -0.161. The van der Waals surface area contributed by atoms with Crippen molar-refractivity contribution >= 4 is 5.97 Å². The average molecular weight is 241 g/mol. The van der Waals surface area contributed by atoms with E-state index < -0.39 is 0 Å². The molecular formula is C13H23NO3. The zero-order chi connectivity index (χ0) is 12.1. The summed E-state index contributed by atoms with van der Waals surface area (Å²) in [5.41, 5.74) is -0.246. The van der Waals surface area contributed by atoms with Crippen molar-refractivity contribution in [2.75, 3.05) is 26.3 Å². The molecule has 2 heterocycles. The smallest absolute Gasteiger partial charge is 0.312 e. The van der Waals surface area contributed by atoms with Gasteiger partial charge in [0, 0.05) is 6.61 Å². The van der Waals surface area contributed by atoms with Crippen LogP contribution in [0.2, 0.25) is 0 Å². The molecule has 1 N–H and O–H groups in total. The second-order valence-corrected chi connectivity index (χ2v) is 5.12. The molecule has 2 fully saturated rings. The summed E-state index contributed by atoms with van der Waals surface area (Å²) in [6.07, 6.45) is 4.91. The zero-order valence-corrected chi connectivity index (χ0v) is 10.7. The number of rotatable bonds is 4. The minimum absolute atomic E-state index is 0.0167. The first-order valence-electron chi connectivity index (χ1n) is 6.76. The Balaban J connectivity index is 1.83.